The number of aryl methyl sites for hydroxylation is 1. The van der Waals surface area contributed by atoms with Gasteiger partial charge in [0.15, 0.2) is 0 Å². The largest absolute Gasteiger partial charge is 0.469 e. The van der Waals surface area contributed by atoms with Crippen LogP contribution in [0.2, 0.25) is 0 Å². The minimum Gasteiger partial charge on any atom is -0.469 e. The van der Waals surface area contributed by atoms with Crippen molar-refractivity contribution < 1.29 is 9.53 Å². The van der Waals surface area contributed by atoms with Crippen LogP contribution in [0.4, 0.5) is 0 Å². The first-order valence-corrected chi connectivity index (χ1v) is 11.2. The Labute approximate surface area is 183 Å². The number of fused-ring (bicyclic) bond motifs is 4. The number of methoxy groups -OCH3 is 1. The number of aromatic nitrogens is 1. The zero-order chi connectivity index (χ0) is 21.9. The summed E-state index contributed by atoms with van der Waals surface area (Å²) in [5, 5.41) is 8.37. The molecule has 0 saturated carbocycles. The molecule has 3 heterocycles. The molecular formula is C25H32N2O2S. The second-order valence-corrected chi connectivity index (χ2v) is 7.58. The van der Waals surface area contributed by atoms with E-state index in [1.807, 2.05) is 25.2 Å². The second-order valence-electron chi connectivity index (χ2n) is 6.67. The van der Waals surface area contributed by atoms with Crippen LogP contribution in [0.15, 0.2) is 53.9 Å². The molecule has 2 N–H and O–H groups in total. The molecule has 30 heavy (non-hydrogen) atoms. The van der Waals surface area contributed by atoms with E-state index >= 15 is 0 Å². The van der Waals surface area contributed by atoms with Gasteiger partial charge in [0, 0.05) is 34.8 Å². The fraction of sp³-hybridized carbons (Fsp3) is 0.320. The lowest BCUT2D eigenvalue weighted by Crippen LogP contribution is -2.22. The molecule has 5 rings (SSSR count). The third-order valence-electron chi connectivity index (χ3n) is 4.72. The van der Waals surface area contributed by atoms with Crippen LogP contribution in [-0.4, -0.2) is 24.6 Å². The number of nitrogens with one attached hydrogen (secondary N) is 2. The van der Waals surface area contributed by atoms with Crippen molar-refractivity contribution in [3.05, 3.63) is 70.7 Å². The topological polar surface area (TPSA) is 54.1 Å². The second kappa shape index (κ2) is 12.2. The first kappa shape index (κ1) is 23.6. The molecule has 4 nitrogen and oxygen atoms in total. The molecule has 160 valence electrons. The van der Waals surface area contributed by atoms with Gasteiger partial charge in [-0.25, -0.2) is 0 Å². The first-order chi connectivity index (χ1) is 14.6. The molecule has 4 aromatic rings. The van der Waals surface area contributed by atoms with Gasteiger partial charge in [-0.15, -0.1) is 11.3 Å². The van der Waals surface area contributed by atoms with E-state index in [2.05, 4.69) is 75.9 Å². The van der Waals surface area contributed by atoms with E-state index in [0.717, 1.165) is 19.5 Å². The highest BCUT2D eigenvalue weighted by molar-refractivity contribution is 7.17. The molecule has 0 spiro atoms. The number of esters is 1. The molecule has 0 saturated heterocycles. The van der Waals surface area contributed by atoms with Gasteiger partial charge >= 0.3 is 5.97 Å². The van der Waals surface area contributed by atoms with E-state index in [9.17, 15) is 4.79 Å². The summed E-state index contributed by atoms with van der Waals surface area (Å²) in [6.07, 6.45) is 1.15. The summed E-state index contributed by atoms with van der Waals surface area (Å²) in [4.78, 5) is 13.0. The zero-order valence-electron chi connectivity index (χ0n) is 18.5. The number of hydrogen-bond donors (Lipinski definition) is 2. The molecule has 0 amide bonds. The number of H-pyrrole nitrogens is 1. The van der Waals surface area contributed by atoms with Crippen molar-refractivity contribution in [1.82, 2.24) is 10.3 Å². The smallest absolute Gasteiger partial charge is 0.302 e. The van der Waals surface area contributed by atoms with Crippen molar-refractivity contribution in [2.75, 3.05) is 13.7 Å². The minimum absolute atomic E-state index is 0.245. The molecule has 1 aliphatic rings. The Morgan fingerprint density at radius 1 is 1.03 bits per heavy atom. The van der Waals surface area contributed by atoms with Crippen molar-refractivity contribution in [3.63, 3.8) is 0 Å². The Kier molecular flexibility index (Phi) is 9.58. The highest BCUT2D eigenvalue weighted by atomic mass is 32.1. The molecule has 0 radical (unpaired) electrons. The van der Waals surface area contributed by atoms with E-state index in [0.29, 0.717) is 0 Å². The number of rotatable bonds is 0. The number of aromatic amines is 1. The third kappa shape index (κ3) is 6.18. The standard InChI is InChI=1S/C11H12N2.C9H8S.C3H6O2.C2H6/c1-2-4-10-8(3-1)9-5-6-12-7-11(9)13-10;1-7-6-10-9-5-3-2-4-8(7)9;1-3(4)5-2;1-2/h1-4,12-13H,5-7H2;2-6H,1H3;1-2H3;1-2H3. The fourth-order valence-electron chi connectivity index (χ4n) is 3.23. The lowest BCUT2D eigenvalue weighted by Gasteiger charge is -2.12. The average Bonchev–Trinajstić information content (AvgIpc) is 3.37. The Balaban J connectivity index is 0.000000168. The van der Waals surface area contributed by atoms with Crippen LogP contribution >= 0.6 is 11.3 Å². The summed E-state index contributed by atoms with van der Waals surface area (Å²) >= 11 is 1.81. The monoisotopic (exact) mass is 424 g/mol. The van der Waals surface area contributed by atoms with Gasteiger partial charge in [-0.05, 0) is 53.9 Å². The maximum atomic E-state index is 9.59. The van der Waals surface area contributed by atoms with E-state index in [1.165, 1.54) is 51.8 Å². The van der Waals surface area contributed by atoms with Crippen molar-refractivity contribution in [3.8, 4) is 0 Å². The molecule has 2 aromatic heterocycles. The Bertz CT molecular complexity index is 1070. The molecule has 5 heteroatoms. The van der Waals surface area contributed by atoms with Crippen LogP contribution in [0.3, 0.4) is 0 Å². The molecule has 0 fully saturated rings. The molecular weight excluding hydrogens is 392 g/mol. The average molecular weight is 425 g/mol. The van der Waals surface area contributed by atoms with Crippen LogP contribution in [0.1, 0.15) is 37.6 Å². The lowest BCUT2D eigenvalue weighted by atomic mass is 10.1. The number of benzene rings is 2. The summed E-state index contributed by atoms with van der Waals surface area (Å²) in [6.45, 7) is 9.61. The Hall–Kier alpha value is -2.63. The van der Waals surface area contributed by atoms with Gasteiger partial charge in [-0.3, -0.25) is 4.79 Å². The van der Waals surface area contributed by atoms with Crippen molar-refractivity contribution in [2.24, 2.45) is 0 Å². The molecule has 2 aromatic carbocycles. The van der Waals surface area contributed by atoms with Gasteiger partial charge in [0.05, 0.1) is 7.11 Å². The summed E-state index contributed by atoms with van der Waals surface area (Å²) < 4.78 is 5.50. The molecule has 0 unspecified atom stereocenters. The fourth-order valence-corrected chi connectivity index (χ4v) is 4.17. The minimum atomic E-state index is -0.245. The highest BCUT2D eigenvalue weighted by Crippen LogP contribution is 2.25. The van der Waals surface area contributed by atoms with E-state index in [4.69, 9.17) is 0 Å². The summed E-state index contributed by atoms with van der Waals surface area (Å²) in [5.74, 6) is -0.245. The number of hydrogen-bond acceptors (Lipinski definition) is 4. The summed E-state index contributed by atoms with van der Waals surface area (Å²) in [5.41, 5.74) is 5.54. The predicted molar refractivity (Wildman–Crippen MR) is 129 cm³/mol. The van der Waals surface area contributed by atoms with Gasteiger partial charge < -0.3 is 15.0 Å². The van der Waals surface area contributed by atoms with Gasteiger partial charge in [-0.2, -0.15) is 0 Å². The number of ether oxygens (including phenoxy) is 1. The van der Waals surface area contributed by atoms with Crippen LogP contribution in [-0.2, 0) is 22.5 Å². The number of thiophene rings is 1. The first-order valence-electron chi connectivity index (χ1n) is 10.4. The normalized spacial score (nSPS) is 11.8. The predicted octanol–water partition coefficient (Wildman–Crippen LogP) is 6.23. The third-order valence-corrected chi connectivity index (χ3v) is 5.80. The summed E-state index contributed by atoms with van der Waals surface area (Å²) in [7, 11) is 1.35. The SMILES string of the molecule is CC.COC(C)=O.Cc1csc2ccccc12.c1ccc2c3c([nH]c2c1)CNCC3. The maximum absolute atomic E-state index is 9.59. The van der Waals surface area contributed by atoms with Crippen LogP contribution < -0.4 is 5.32 Å². The van der Waals surface area contributed by atoms with E-state index < -0.39 is 0 Å². The van der Waals surface area contributed by atoms with E-state index in [1.54, 1.807) is 0 Å². The van der Waals surface area contributed by atoms with E-state index in [-0.39, 0.29) is 5.97 Å². The molecule has 0 atom stereocenters. The molecule has 1 aliphatic heterocycles. The van der Waals surface area contributed by atoms with Crippen molar-refractivity contribution in [1.29, 1.82) is 0 Å². The molecule has 0 bridgehead atoms. The van der Waals surface area contributed by atoms with Gasteiger partial charge in [-0.1, -0.05) is 50.2 Å². The summed E-state index contributed by atoms with van der Waals surface area (Å²) in [6, 6.07) is 17.0. The Morgan fingerprint density at radius 2 is 1.67 bits per heavy atom. The number of carbonyl (C=O) groups is 1. The number of para-hydroxylation sites is 1. The van der Waals surface area contributed by atoms with Crippen LogP contribution in [0.25, 0.3) is 21.0 Å². The Morgan fingerprint density at radius 3 is 2.33 bits per heavy atom. The van der Waals surface area contributed by atoms with Crippen molar-refractivity contribution >= 4 is 38.3 Å². The maximum Gasteiger partial charge on any atom is 0.302 e. The van der Waals surface area contributed by atoms with Crippen molar-refractivity contribution in [2.45, 2.75) is 40.7 Å². The van der Waals surface area contributed by atoms with Crippen LogP contribution in [0, 0.1) is 6.92 Å². The van der Waals surface area contributed by atoms with Gasteiger partial charge in [0.25, 0.3) is 0 Å². The number of carbonyl (C=O) groups excluding carboxylic acids is 1. The highest BCUT2D eigenvalue weighted by Gasteiger charge is 2.13. The van der Waals surface area contributed by atoms with Crippen LogP contribution in [0.5, 0.6) is 0 Å². The van der Waals surface area contributed by atoms with Gasteiger partial charge in [0.2, 0.25) is 0 Å². The molecule has 0 aliphatic carbocycles. The lowest BCUT2D eigenvalue weighted by molar-refractivity contribution is -0.137. The van der Waals surface area contributed by atoms with Gasteiger partial charge in [0.1, 0.15) is 0 Å². The quantitative estimate of drug-likeness (QED) is 0.329. The zero-order valence-corrected chi connectivity index (χ0v) is 19.4.